The zero-order valence-corrected chi connectivity index (χ0v) is 64.3. The fourth-order valence-corrected chi connectivity index (χ4v) is 17.1. The lowest BCUT2D eigenvalue weighted by atomic mass is 9.94. The quantitative estimate of drug-likeness (QED) is 0.0335. The maximum absolute atomic E-state index is 12.6. The Hall–Kier alpha value is -8.81. The number of hydrogen-bond donors (Lipinski definition) is 2. The van der Waals surface area contributed by atoms with Crippen LogP contribution < -0.4 is 39.6 Å². The molecule has 0 amide bonds. The Morgan fingerprint density at radius 2 is 0.991 bits per heavy atom. The predicted molar refractivity (Wildman–Crippen MR) is 408 cm³/mol. The van der Waals surface area contributed by atoms with Gasteiger partial charge in [-0.2, -0.15) is 19.9 Å². The van der Waals surface area contributed by atoms with Crippen LogP contribution in [0.5, 0.6) is 0 Å². The first-order chi connectivity index (χ1) is 51.9. The molecule has 33 heteroatoms. The van der Waals surface area contributed by atoms with Crippen molar-refractivity contribution >= 4 is 87.8 Å². The normalized spacial score (nSPS) is 20.3. The Labute approximate surface area is 632 Å². The summed E-state index contributed by atoms with van der Waals surface area (Å²) in [6.07, 6.45) is 38.7. The van der Waals surface area contributed by atoms with E-state index in [1.54, 1.807) is 4.90 Å². The smallest absolute Gasteiger partial charge is 0.329 e. The third-order valence-electron chi connectivity index (χ3n) is 22.1. The highest BCUT2D eigenvalue weighted by Gasteiger charge is 2.44. The van der Waals surface area contributed by atoms with Crippen LogP contribution in [-0.2, 0) is 35.1 Å². The van der Waals surface area contributed by atoms with Crippen LogP contribution in [-0.4, -0.2) is 202 Å². The Morgan fingerprint density at radius 1 is 0.579 bits per heavy atom. The molecule has 15 rings (SSSR count). The number of halogens is 1. The molecule has 4 aliphatic carbocycles. The van der Waals surface area contributed by atoms with Crippen LogP contribution in [0.25, 0.3) is 5.69 Å². The number of esters is 2. The van der Waals surface area contributed by atoms with Crippen molar-refractivity contribution in [2.75, 3.05) is 101 Å². The summed E-state index contributed by atoms with van der Waals surface area (Å²) in [5.41, 5.74) is 1.63. The zero-order chi connectivity index (χ0) is 76.1. The zero-order valence-electron chi connectivity index (χ0n) is 63.5. The number of methoxy groups -OCH3 is 2. The van der Waals surface area contributed by atoms with Gasteiger partial charge in [-0.05, 0) is 153 Å². The van der Waals surface area contributed by atoms with Crippen LogP contribution in [0.4, 0.5) is 52.5 Å². The summed E-state index contributed by atoms with van der Waals surface area (Å²) in [5.74, 6) is 4.37. The minimum absolute atomic E-state index is 0.00641. The number of nitrogens with zero attached hydrogens (tertiary/aromatic N) is 20. The van der Waals surface area contributed by atoms with Crippen LogP contribution in [0.3, 0.4) is 0 Å². The molecule has 584 valence electrons. The van der Waals surface area contributed by atoms with Gasteiger partial charge in [0.15, 0.2) is 17.4 Å². The maximum atomic E-state index is 12.6. The lowest BCUT2D eigenvalue weighted by molar-refractivity contribution is -0.384. The van der Waals surface area contributed by atoms with E-state index >= 15 is 0 Å². The van der Waals surface area contributed by atoms with Crippen LogP contribution in [0, 0.1) is 20.2 Å². The molecule has 4 saturated heterocycles. The molecule has 5 aromatic heterocycles. The molecule has 6 aliphatic heterocycles. The average molecular weight is 1510 g/mol. The van der Waals surface area contributed by atoms with E-state index in [1.807, 2.05) is 42.4 Å². The van der Waals surface area contributed by atoms with Gasteiger partial charge >= 0.3 is 23.3 Å². The Balaban J connectivity index is 0.000000147. The van der Waals surface area contributed by atoms with Crippen molar-refractivity contribution in [1.29, 1.82) is 0 Å². The highest BCUT2D eigenvalue weighted by molar-refractivity contribution is 6.28. The largest absolute Gasteiger partial charge is 0.481 e. The van der Waals surface area contributed by atoms with Gasteiger partial charge in [0.05, 0.1) is 42.3 Å². The number of fused-ring (bicyclic) bond motifs is 4. The fourth-order valence-electron chi connectivity index (χ4n) is 16.9. The molecule has 0 spiro atoms. The number of carboxylic acids is 1. The number of carbonyl (C=O) groups is 4. The molecule has 0 aromatic carbocycles. The summed E-state index contributed by atoms with van der Waals surface area (Å²) in [5, 5.41) is 42.2. The number of rotatable bonds is 19. The second-order valence-electron chi connectivity index (χ2n) is 29.0. The van der Waals surface area contributed by atoms with Gasteiger partial charge in [-0.25, -0.2) is 29.5 Å². The third kappa shape index (κ3) is 19.7. The molecular weight excluding hydrogens is 1390 g/mol. The molecule has 11 heterocycles. The SMILES string of the molecule is C1CCNC1.CC(=O)O.CC[C@@H]1C(=O)Cc2cnc(N3CCCC3)nc2N1C1CCCC1.CC[C@@H]1c2nncn2-c2cnc(N3CCCC3)nc2N1C1CCCC1.CC[C@H](C(=O)OC)N(c1nc(Cl)ncc1[N+](=O)[O-])C1CCCC1.CC[C@H](C(=O)OC)N(c1nc(N2CCCC2)ncc1[N+](=O)[O-])C1CCCC1. The molecule has 4 atom stereocenters. The number of hydrogen-bond acceptors (Lipinski definition) is 28. The van der Waals surface area contributed by atoms with Gasteiger partial charge in [0, 0.05) is 88.5 Å². The average Bonchev–Trinajstić information content (AvgIpc) is 1.70. The highest BCUT2D eigenvalue weighted by atomic mass is 35.5. The summed E-state index contributed by atoms with van der Waals surface area (Å²) >= 11 is 5.85. The monoisotopic (exact) mass is 1500 g/mol. The first-order valence-corrected chi connectivity index (χ1v) is 39.6. The number of carboxylic acid groups (broad SMARTS) is 1. The van der Waals surface area contributed by atoms with E-state index in [0.29, 0.717) is 43.1 Å². The van der Waals surface area contributed by atoms with Crippen molar-refractivity contribution < 1.29 is 43.6 Å². The van der Waals surface area contributed by atoms with Crippen molar-refractivity contribution in [3.63, 3.8) is 0 Å². The predicted octanol–water partition coefficient (Wildman–Crippen LogP) is 11.5. The Morgan fingerprint density at radius 3 is 1.42 bits per heavy atom. The number of aromatic nitrogens is 11. The van der Waals surface area contributed by atoms with E-state index < -0.39 is 33.9 Å². The van der Waals surface area contributed by atoms with Crippen LogP contribution in [0.15, 0.2) is 31.1 Å². The number of nitro groups is 2. The van der Waals surface area contributed by atoms with Gasteiger partial charge in [-0.1, -0.05) is 79.1 Å². The van der Waals surface area contributed by atoms with Gasteiger partial charge in [0.1, 0.15) is 42.3 Å². The van der Waals surface area contributed by atoms with E-state index in [-0.39, 0.29) is 58.4 Å². The van der Waals surface area contributed by atoms with Crippen LogP contribution >= 0.6 is 11.6 Å². The van der Waals surface area contributed by atoms with E-state index in [2.05, 4.69) is 83.4 Å². The second kappa shape index (κ2) is 39.3. The minimum atomic E-state index is -0.833. The second-order valence-corrected chi connectivity index (χ2v) is 29.4. The Bertz CT molecular complexity index is 3740. The molecular formula is C74H110ClN21O11. The third-order valence-corrected chi connectivity index (χ3v) is 22.3. The molecule has 107 heavy (non-hydrogen) atoms. The molecule has 2 N–H and O–H groups in total. The number of carbonyl (C=O) groups excluding carboxylic acids is 3. The molecule has 0 bridgehead atoms. The maximum Gasteiger partial charge on any atom is 0.329 e. The number of Topliss-reactive ketones (excluding diaryl/α,β-unsaturated/α-hetero) is 1. The van der Waals surface area contributed by atoms with Gasteiger partial charge in [-0.3, -0.25) is 34.4 Å². The highest BCUT2D eigenvalue weighted by Crippen LogP contribution is 2.45. The van der Waals surface area contributed by atoms with Crippen molar-refractivity contribution in [1.82, 2.24) is 60.0 Å². The summed E-state index contributed by atoms with van der Waals surface area (Å²) in [7, 11) is 2.65. The lowest BCUT2D eigenvalue weighted by Gasteiger charge is -2.41. The first kappa shape index (κ1) is 80.7. The molecule has 32 nitrogen and oxygen atoms in total. The molecule has 5 aromatic rings. The molecule has 8 fully saturated rings. The van der Waals surface area contributed by atoms with Crippen molar-refractivity contribution in [3.8, 4) is 5.69 Å². The molecule has 10 aliphatic rings. The van der Waals surface area contributed by atoms with Gasteiger partial charge < -0.3 is 54.2 Å². The van der Waals surface area contributed by atoms with Crippen molar-refractivity contribution in [2.24, 2.45) is 0 Å². The fraction of sp³-hybridized carbons (Fsp3) is 0.703. The topological polar surface area (TPSA) is 362 Å². The van der Waals surface area contributed by atoms with E-state index in [4.69, 9.17) is 40.9 Å². The number of ketones is 1. The Kier molecular flexibility index (Phi) is 29.7. The summed E-state index contributed by atoms with van der Waals surface area (Å²) < 4.78 is 11.9. The number of aliphatic carboxylic acids is 1. The van der Waals surface area contributed by atoms with Gasteiger partial charge in [-0.15, -0.1) is 10.2 Å². The van der Waals surface area contributed by atoms with Gasteiger partial charge in [0.25, 0.3) is 5.97 Å². The molecule has 0 radical (unpaired) electrons. The first-order valence-electron chi connectivity index (χ1n) is 39.2. The number of anilines is 7. The number of nitrogens with one attached hydrogen (secondary N) is 1. The van der Waals surface area contributed by atoms with Crippen molar-refractivity contribution in [2.45, 2.75) is 269 Å². The molecule has 4 saturated carbocycles. The number of ether oxygens (including phenoxy) is 2. The van der Waals surface area contributed by atoms with E-state index in [1.165, 1.54) is 123 Å². The summed E-state index contributed by atoms with van der Waals surface area (Å²) in [6.45, 7) is 17.6. The minimum Gasteiger partial charge on any atom is -0.481 e. The lowest BCUT2D eigenvalue weighted by Crippen LogP contribution is -2.51. The van der Waals surface area contributed by atoms with Crippen LogP contribution in [0.1, 0.15) is 232 Å². The van der Waals surface area contributed by atoms with Crippen LogP contribution in [0.2, 0.25) is 5.28 Å². The standard InChI is InChI=1S/C18H25N7.C18H27N5O4.C18H26N4O.C14H19ClN4O4.C4H9N.C2H4O2/c1-2-14-17-22-20-12-24(17)15-11-19-18(23-9-5-6-10-23)21-16(15)25(14)13-7-3-4-8-13;1-3-14(17(24)27-2)22(13-8-4-5-9-13)16-15(23(25)26)12-19-18(20-16)21-10-6-7-11-21;1-2-15-16(23)11-13-12-19-18(21-9-5-6-10-21)20-17(13)22(15)14-7-3-4-8-14;1-3-10(13(20)23-2)18(9-6-4-5-7-9)12-11(19(21)22)8-16-14(15)17-12;1-2-4-5-3-1;1-2(3)4/h11-14H,2-10H2,1H3;12-14H,3-11H2,1-2H3;12,14-15H,2-11H2,1H3;8-10H,3-7H2,1-2H3;5H,1-4H2;1H3,(H,3,4)/t2*14-;15-;10-;;/m1111../s1. The summed E-state index contributed by atoms with van der Waals surface area (Å²) in [4.78, 5) is 119. The molecule has 0 unspecified atom stereocenters. The van der Waals surface area contributed by atoms with Gasteiger partial charge in [0.2, 0.25) is 34.8 Å². The van der Waals surface area contributed by atoms with E-state index in [9.17, 15) is 34.6 Å². The van der Waals surface area contributed by atoms with Crippen molar-refractivity contribution in [3.05, 3.63) is 68.0 Å². The summed E-state index contributed by atoms with van der Waals surface area (Å²) in [6, 6.07) is 0.0646. The van der Waals surface area contributed by atoms with E-state index in [0.717, 1.165) is 170 Å².